The summed E-state index contributed by atoms with van der Waals surface area (Å²) < 4.78 is 74.8. The molecule has 6 heterocycles. The van der Waals surface area contributed by atoms with Gasteiger partial charge in [-0.05, 0) is 42.1 Å². The molecule has 2 fully saturated rings. The molecule has 2 aliphatic heterocycles. The van der Waals surface area contributed by atoms with E-state index in [9.17, 15) is 29.4 Å². The second-order valence-corrected chi connectivity index (χ2v) is 24.3. The molecular formula is C35H44FN11O12P2SSi. The zero-order valence-electron chi connectivity index (χ0n) is 34.3. The monoisotopic (exact) mass is 951 g/mol. The number of nitrogens with one attached hydrogen (secondary N) is 2. The summed E-state index contributed by atoms with van der Waals surface area (Å²) in [5.41, 5.74) is -0.201. The molecule has 4 aromatic heterocycles. The van der Waals surface area contributed by atoms with Crippen molar-refractivity contribution in [1.29, 1.82) is 5.26 Å². The van der Waals surface area contributed by atoms with Crippen LogP contribution in [0.25, 0.3) is 22.3 Å². The number of carbonyl (C=O) groups is 1. The topological polar surface area (TPSA) is 295 Å². The van der Waals surface area contributed by atoms with Gasteiger partial charge in [0.15, 0.2) is 55.1 Å². The van der Waals surface area contributed by atoms with Gasteiger partial charge in [-0.15, -0.1) is 5.10 Å². The lowest BCUT2D eigenvalue weighted by Gasteiger charge is -2.40. The van der Waals surface area contributed by atoms with Crippen LogP contribution >= 0.6 is 15.0 Å². The fourth-order valence-corrected chi connectivity index (χ4v) is 10.5. The van der Waals surface area contributed by atoms with Crippen molar-refractivity contribution in [2.45, 2.75) is 94.5 Å². The van der Waals surface area contributed by atoms with Crippen molar-refractivity contribution in [2.75, 3.05) is 25.1 Å². The zero-order valence-corrected chi connectivity index (χ0v) is 38.0. The van der Waals surface area contributed by atoms with Crippen LogP contribution in [-0.4, -0.2) is 125 Å². The number of aliphatic hydroxyl groups is 1. The highest BCUT2D eigenvalue weighted by Gasteiger charge is 2.54. The number of amides is 1. The van der Waals surface area contributed by atoms with Crippen molar-refractivity contribution in [3.63, 3.8) is 0 Å². The Morgan fingerprint density at radius 3 is 2.43 bits per heavy atom. The van der Waals surface area contributed by atoms with E-state index in [4.69, 9.17) is 43.8 Å². The molecule has 4 N–H and O–H groups in total. The first-order valence-corrected chi connectivity index (χ1v) is 26.1. The Hall–Kier alpha value is -4.32. The number of H-pyrrole nitrogens is 1. The molecule has 0 spiro atoms. The predicted octanol–water partition coefficient (Wildman–Crippen LogP) is 3.45. The van der Waals surface area contributed by atoms with Gasteiger partial charge in [0.1, 0.15) is 36.8 Å². The van der Waals surface area contributed by atoms with Gasteiger partial charge in [-0.2, -0.15) is 5.26 Å². The summed E-state index contributed by atoms with van der Waals surface area (Å²) in [7, 11) is -6.43. The van der Waals surface area contributed by atoms with Gasteiger partial charge < -0.3 is 38.3 Å². The standard InChI is InChI=1S/C35H44FN11O12P2SSi/c1-35(2,3)63(4,5)59-26-21(56-34(27(26)57-60(51)52)47-18-41-24-30(47)43-45-44-32(24)50)15-54-61(62,53-13-9-12-37)58-25-20(14-48)55-33(22(25)36)46-17-40-23-28(38-16-39-29(23)46)42-31(49)19-10-7-6-8-11-19/h6-8,10-11,16-18,20-22,25-27,33-34,48,60H,9,13-15H2,1-5H3,(H,51,52)(H,43,44,50)(H,38,39,42,49)/t20-,21-,22-,25-,26-,27-,33-,34-,61?/m1/s1. The molecule has 5 aromatic rings. The van der Waals surface area contributed by atoms with Gasteiger partial charge in [-0.1, -0.05) is 44.2 Å². The highest BCUT2D eigenvalue weighted by atomic mass is 32.5. The fraction of sp³-hybridized carbons (Fsp3) is 0.514. The Morgan fingerprint density at radius 2 is 1.75 bits per heavy atom. The Balaban J connectivity index is 1.17. The second-order valence-electron chi connectivity index (χ2n) is 15.8. The summed E-state index contributed by atoms with van der Waals surface area (Å²) in [6, 6.07) is 10.3. The maximum absolute atomic E-state index is 16.8. The molecule has 63 heavy (non-hydrogen) atoms. The van der Waals surface area contributed by atoms with Crippen LogP contribution in [-0.2, 0) is 48.4 Å². The molecule has 0 saturated carbocycles. The van der Waals surface area contributed by atoms with Crippen LogP contribution in [0.5, 0.6) is 0 Å². The number of nitrogens with zero attached hydrogens (tertiary/aromatic N) is 9. The van der Waals surface area contributed by atoms with Crippen LogP contribution in [0.3, 0.4) is 0 Å². The molecule has 2 saturated heterocycles. The third kappa shape index (κ3) is 9.86. The minimum atomic E-state index is -4.13. The number of rotatable bonds is 17. The number of fused-ring (bicyclic) bond motifs is 2. The summed E-state index contributed by atoms with van der Waals surface area (Å²) in [4.78, 5) is 52.4. The molecule has 23 nitrogen and oxygen atoms in total. The van der Waals surface area contributed by atoms with Gasteiger partial charge in [-0.3, -0.25) is 32.3 Å². The lowest BCUT2D eigenvalue weighted by Crippen LogP contribution is -2.50. The number of ether oxygens (including phenoxy) is 2. The number of benzene rings is 1. The third-order valence-electron chi connectivity index (χ3n) is 10.8. The van der Waals surface area contributed by atoms with Crippen molar-refractivity contribution < 1.29 is 55.7 Å². The van der Waals surface area contributed by atoms with Crippen molar-refractivity contribution in [1.82, 2.24) is 44.5 Å². The summed E-state index contributed by atoms with van der Waals surface area (Å²) in [5, 5.41) is 31.9. The van der Waals surface area contributed by atoms with E-state index in [1.54, 1.807) is 30.3 Å². The van der Waals surface area contributed by atoms with Gasteiger partial charge in [0, 0.05) is 5.56 Å². The van der Waals surface area contributed by atoms with Crippen LogP contribution in [0.1, 0.15) is 50.0 Å². The van der Waals surface area contributed by atoms with Gasteiger partial charge in [0.2, 0.25) is 0 Å². The van der Waals surface area contributed by atoms with Gasteiger partial charge in [0.25, 0.3) is 11.5 Å². The van der Waals surface area contributed by atoms with E-state index in [1.165, 1.54) is 21.8 Å². The number of halogens is 1. The number of hydrogen-bond donors (Lipinski definition) is 4. The van der Waals surface area contributed by atoms with Gasteiger partial charge >= 0.3 is 15.0 Å². The van der Waals surface area contributed by atoms with Gasteiger partial charge in [0.05, 0.1) is 45.0 Å². The molecule has 28 heteroatoms. The lowest BCUT2D eigenvalue weighted by molar-refractivity contribution is -0.0544. The van der Waals surface area contributed by atoms with E-state index < -0.39 is 97.1 Å². The lowest BCUT2D eigenvalue weighted by atomic mass is 10.1. The number of carbonyl (C=O) groups excluding carboxylic acids is 1. The summed E-state index contributed by atoms with van der Waals surface area (Å²) in [6.07, 6.45) is -7.94. The number of alkyl halides is 1. The Labute approximate surface area is 364 Å². The van der Waals surface area contributed by atoms with Crippen LogP contribution < -0.4 is 10.9 Å². The van der Waals surface area contributed by atoms with E-state index in [0.717, 1.165) is 6.33 Å². The van der Waals surface area contributed by atoms with Crippen molar-refractivity contribution >= 4 is 69.2 Å². The van der Waals surface area contributed by atoms with Crippen molar-refractivity contribution in [2.24, 2.45) is 0 Å². The van der Waals surface area contributed by atoms with E-state index in [0.29, 0.717) is 5.56 Å². The summed E-state index contributed by atoms with van der Waals surface area (Å²) in [6.45, 7) is 4.16. The average Bonchev–Trinajstić information content (AvgIpc) is 4.02. The molecule has 7 rings (SSSR count). The molecule has 338 valence electrons. The quantitative estimate of drug-likeness (QED) is 0.0589. The number of imidazole rings is 2. The normalized spacial score (nSPS) is 25.6. The first-order chi connectivity index (χ1) is 29.9. The first-order valence-electron chi connectivity index (χ1n) is 19.3. The van der Waals surface area contributed by atoms with E-state index in [1.807, 2.05) is 39.9 Å². The number of anilines is 1. The van der Waals surface area contributed by atoms with Crippen LogP contribution in [0, 0.1) is 11.3 Å². The minimum Gasteiger partial charge on any atom is -0.408 e. The summed E-state index contributed by atoms with van der Waals surface area (Å²) in [5.74, 6) is -0.414. The molecule has 0 aliphatic carbocycles. The number of aromatic nitrogens is 9. The molecule has 1 aromatic carbocycles. The average molecular weight is 952 g/mol. The third-order valence-corrected chi connectivity index (χ3v) is 18.1. The van der Waals surface area contributed by atoms with E-state index in [2.05, 4.69) is 40.7 Å². The Kier molecular flexibility index (Phi) is 14.1. The first kappa shape index (κ1) is 46.7. The summed E-state index contributed by atoms with van der Waals surface area (Å²) >= 11 is 5.82. The fourth-order valence-electron chi connectivity index (χ4n) is 6.64. The van der Waals surface area contributed by atoms with Crippen LogP contribution in [0.4, 0.5) is 10.2 Å². The molecular weight excluding hydrogens is 908 g/mol. The van der Waals surface area contributed by atoms with E-state index >= 15 is 4.39 Å². The van der Waals surface area contributed by atoms with Crippen LogP contribution in [0.15, 0.2) is 54.1 Å². The van der Waals surface area contributed by atoms with E-state index in [-0.39, 0.29) is 46.2 Å². The molecule has 2 unspecified atom stereocenters. The second kappa shape index (κ2) is 19.0. The highest BCUT2D eigenvalue weighted by Crippen LogP contribution is 2.55. The molecule has 10 atom stereocenters. The highest BCUT2D eigenvalue weighted by molar-refractivity contribution is 8.07. The van der Waals surface area contributed by atoms with Gasteiger partial charge in [-0.25, -0.2) is 29.4 Å². The minimum absolute atomic E-state index is 0.0268. The molecule has 2 aliphatic rings. The molecule has 0 radical (unpaired) electrons. The number of aromatic amines is 1. The Bertz CT molecular complexity index is 2610. The van der Waals surface area contributed by atoms with Crippen molar-refractivity contribution in [3.05, 3.63) is 65.2 Å². The smallest absolute Gasteiger partial charge is 0.327 e. The van der Waals surface area contributed by atoms with Crippen molar-refractivity contribution in [3.8, 4) is 6.07 Å². The maximum Gasteiger partial charge on any atom is 0.327 e. The molecule has 0 bridgehead atoms. The number of aliphatic hydroxyl groups excluding tert-OH is 1. The predicted molar refractivity (Wildman–Crippen MR) is 225 cm³/mol. The van der Waals surface area contributed by atoms with Crippen LogP contribution in [0.2, 0.25) is 18.1 Å². The molecule has 1 amide bonds. The SMILES string of the molecule is CC(C)(C)[Si](C)(C)O[C@H]1[C@@H](O[PH](=O)O)[C@H](n2cnc3c(=O)[nH]nnc32)O[C@@H]1COP(=S)(OCCC#N)O[C@H]1[C@@H](F)[C@H](n2cnc3c(NC(=O)c4ccccc4)ncnc32)O[C@@H]1CO. The Morgan fingerprint density at radius 1 is 1.05 bits per heavy atom. The number of hydrogen-bond acceptors (Lipinski definition) is 19. The number of nitriles is 1. The largest absolute Gasteiger partial charge is 0.408 e. The maximum atomic E-state index is 16.8. The zero-order chi connectivity index (χ0) is 45.3.